The summed E-state index contributed by atoms with van der Waals surface area (Å²) in [4.78, 5) is 58.1. The number of halogens is 1. The number of carboxylic acid groups (broad SMARTS) is 1. The van der Waals surface area contributed by atoms with Crippen molar-refractivity contribution < 1.29 is 33.8 Å². The number of unbranched alkanes of at least 4 members (excludes halogenated alkanes) is 1. The number of hydrogen-bond donors (Lipinski definition) is 3. The largest absolute Gasteiger partial charge is 0.493 e. The number of carbonyl (C=O) groups is 4. The van der Waals surface area contributed by atoms with E-state index in [1.807, 2.05) is 108 Å². The van der Waals surface area contributed by atoms with Crippen LogP contribution >= 0.6 is 11.6 Å². The number of nitrogens with one attached hydrogen (secondary N) is 2. The lowest BCUT2D eigenvalue weighted by atomic mass is 10.1. The molecule has 21 nitrogen and oxygen atoms in total. The number of amides is 2. The van der Waals surface area contributed by atoms with E-state index in [2.05, 4.69) is 47.2 Å². The molecule has 1 saturated heterocycles. The van der Waals surface area contributed by atoms with Crippen LogP contribution in [0.3, 0.4) is 0 Å². The van der Waals surface area contributed by atoms with E-state index in [9.17, 15) is 24.3 Å². The lowest BCUT2D eigenvalue weighted by Crippen LogP contribution is -2.35. The number of hydrazine groups is 1. The zero-order valence-electron chi connectivity index (χ0n) is 43.5. The Labute approximate surface area is 447 Å². The number of ether oxygens (including phenoxy) is 2. The Hall–Kier alpha value is -9.24. The highest BCUT2D eigenvalue weighted by Crippen LogP contribution is 2.32. The minimum atomic E-state index is -1.06. The number of H-pyrrole nitrogens is 1. The molecule has 77 heavy (non-hydrogen) atoms. The Balaban J connectivity index is 0.000000203. The Morgan fingerprint density at radius 3 is 2.23 bits per heavy atom. The molecule has 9 aromatic rings. The molecular weight excluding hydrogens is 1000 g/mol. The van der Waals surface area contributed by atoms with Gasteiger partial charge in [-0.2, -0.15) is 15.0 Å². The topological polar surface area (TPSA) is 245 Å². The number of aromatic amines is 1. The smallest absolute Gasteiger partial charge is 0.338 e. The van der Waals surface area contributed by atoms with Gasteiger partial charge in [-0.25, -0.2) is 24.1 Å². The number of nitrogens with zero attached hydrogens (tertiary/aromatic N) is 12. The molecule has 0 spiro atoms. The summed E-state index contributed by atoms with van der Waals surface area (Å²) in [7, 11) is 0. The van der Waals surface area contributed by atoms with Gasteiger partial charge in [-0.05, 0) is 139 Å². The summed E-state index contributed by atoms with van der Waals surface area (Å²) in [6.45, 7) is 15.7. The molecule has 2 atom stereocenters. The van der Waals surface area contributed by atoms with Gasteiger partial charge < -0.3 is 19.5 Å². The first-order chi connectivity index (χ1) is 37.0. The fourth-order valence-electron chi connectivity index (χ4n) is 9.00. The zero-order valence-corrected chi connectivity index (χ0v) is 44.3. The highest BCUT2D eigenvalue weighted by Gasteiger charge is 2.42. The van der Waals surface area contributed by atoms with E-state index < -0.39 is 24.0 Å². The van der Waals surface area contributed by atoms with Crippen LogP contribution < -0.4 is 20.1 Å². The predicted octanol–water partition coefficient (Wildman–Crippen LogP) is 9.22. The van der Waals surface area contributed by atoms with Crippen LogP contribution in [0.4, 0.5) is 17.1 Å². The molecule has 0 aliphatic carbocycles. The highest BCUT2D eigenvalue weighted by atomic mass is 35.5. The number of benzene rings is 5. The first kappa shape index (κ1) is 52.6. The molecule has 1 aliphatic rings. The number of carboxylic acids is 1. The number of aliphatic imine (C=N–C) groups is 1. The second-order valence-corrected chi connectivity index (χ2v) is 18.9. The van der Waals surface area contributed by atoms with E-state index in [4.69, 9.17) is 26.1 Å². The molecule has 1 fully saturated rings. The van der Waals surface area contributed by atoms with E-state index in [1.165, 1.54) is 39.3 Å². The summed E-state index contributed by atoms with van der Waals surface area (Å²) in [6, 6.07) is 30.4. The Kier molecular flexibility index (Phi) is 15.2. The molecule has 2 unspecified atom stereocenters. The molecule has 10 rings (SSSR count). The number of aromatic nitrogens is 10. The zero-order chi connectivity index (χ0) is 54.7. The van der Waals surface area contributed by atoms with Crippen molar-refractivity contribution in [3.8, 4) is 11.4 Å². The van der Waals surface area contributed by atoms with Crippen LogP contribution in [-0.2, 0) is 14.3 Å². The first-order valence-corrected chi connectivity index (χ1v) is 25.0. The van der Waals surface area contributed by atoms with Crippen molar-refractivity contribution in [2.75, 3.05) is 23.1 Å². The van der Waals surface area contributed by atoms with Gasteiger partial charge in [-0.15, -0.1) is 20.4 Å². The number of hydrogen-bond acceptors (Lipinski definition) is 13. The fourth-order valence-corrected chi connectivity index (χ4v) is 9.16. The van der Waals surface area contributed by atoms with Crippen molar-refractivity contribution in [3.05, 3.63) is 165 Å². The second kappa shape index (κ2) is 22.3. The Morgan fingerprint density at radius 2 is 1.51 bits per heavy atom. The Bertz CT molecular complexity index is 3710. The van der Waals surface area contributed by atoms with Gasteiger partial charge in [0.2, 0.25) is 17.6 Å². The van der Waals surface area contributed by atoms with Crippen LogP contribution in [-0.4, -0.2) is 97.5 Å². The number of amidine groups is 1. The van der Waals surface area contributed by atoms with Gasteiger partial charge in [-0.3, -0.25) is 24.7 Å². The molecular formula is C55H55ClN14O7. The minimum Gasteiger partial charge on any atom is -0.493 e. The molecule has 22 heteroatoms. The van der Waals surface area contributed by atoms with Crippen molar-refractivity contribution in [2.45, 2.75) is 80.3 Å². The summed E-state index contributed by atoms with van der Waals surface area (Å²) in [6.07, 6.45) is 1.41. The van der Waals surface area contributed by atoms with Gasteiger partial charge in [0.05, 0.1) is 52.5 Å². The number of rotatable bonds is 15. The van der Waals surface area contributed by atoms with Crippen molar-refractivity contribution >= 4 is 74.9 Å². The van der Waals surface area contributed by atoms with E-state index >= 15 is 0 Å². The van der Waals surface area contributed by atoms with Gasteiger partial charge >= 0.3 is 11.9 Å². The molecule has 3 N–H and O–H groups in total. The molecule has 5 heterocycles. The van der Waals surface area contributed by atoms with E-state index in [1.54, 1.807) is 40.9 Å². The lowest BCUT2D eigenvalue weighted by molar-refractivity contribution is -0.119. The summed E-state index contributed by atoms with van der Waals surface area (Å²) < 4.78 is 15.0. The van der Waals surface area contributed by atoms with Crippen molar-refractivity contribution in [2.24, 2.45) is 4.99 Å². The number of anilines is 2. The number of carbonyl (C=O) groups excluding carboxylic acids is 3. The maximum atomic E-state index is 13.8. The SMILES string of the molecule is CC(=O)N(c1cccc(C(=O)O)c1)C(C)c1nnc2c(-n3c(C)nnc3C)c(C)[nH]n12.Cc1ccc(OCCCCOC(=O)c2ccc3nn(C4C(=O)N(c5ccccc5)NC4=Nc4cc(C)ccc4Cl)nc3c2)c(C)c1. The lowest BCUT2D eigenvalue weighted by Gasteiger charge is -2.27. The molecule has 4 aromatic heterocycles. The standard InChI is InChI=1S/C35H33ClN6O4.C20H22N8O3/c1-22-12-16-31(24(3)19-22)45-17-7-8-18-46-35(44)25-13-15-28-30(21-25)39-42(38-28)32-33(37-29-20-23(2)11-14-27(29)36)40-41(34(32)43)26-9-5-4-6-10-26;1-10-17(27-12(3)21-22-13(27)4)19-24-23-18(28(19)25-10)11(2)26(14(5)29)16-8-6-7-15(9-16)20(30)31/h4-6,9-16,19-21,32H,7-8,17-18H2,1-3H3,(H,37,40);6-9,11,25H,1-5H3,(H,30,31). The normalized spacial score (nSPS) is 14.1. The van der Waals surface area contributed by atoms with E-state index in [0.717, 1.165) is 46.3 Å². The molecule has 0 bridgehead atoms. The number of para-hydroxylation sites is 1. The van der Waals surface area contributed by atoms with Crippen LogP contribution in [0, 0.1) is 41.5 Å². The monoisotopic (exact) mass is 1060 g/mol. The predicted molar refractivity (Wildman–Crippen MR) is 289 cm³/mol. The third-order valence-electron chi connectivity index (χ3n) is 12.7. The second-order valence-electron chi connectivity index (χ2n) is 18.5. The van der Waals surface area contributed by atoms with Crippen LogP contribution in [0.2, 0.25) is 5.02 Å². The third-order valence-corrected chi connectivity index (χ3v) is 13.1. The number of esters is 1. The molecule has 394 valence electrons. The summed E-state index contributed by atoms with van der Waals surface area (Å²) in [5.41, 5.74) is 11.6. The molecule has 2 amide bonds. The number of aryl methyl sites for hydroxylation is 6. The van der Waals surface area contributed by atoms with Crippen LogP contribution in [0.5, 0.6) is 5.75 Å². The van der Waals surface area contributed by atoms with Crippen molar-refractivity contribution in [3.63, 3.8) is 0 Å². The summed E-state index contributed by atoms with van der Waals surface area (Å²) in [5.74, 6) is 1.02. The van der Waals surface area contributed by atoms with Gasteiger partial charge in [0.15, 0.2) is 11.7 Å². The van der Waals surface area contributed by atoms with Crippen LogP contribution in [0.1, 0.15) is 99.3 Å². The summed E-state index contributed by atoms with van der Waals surface area (Å²) in [5, 5.41) is 40.5. The van der Waals surface area contributed by atoms with E-state index in [0.29, 0.717) is 69.0 Å². The highest BCUT2D eigenvalue weighted by molar-refractivity contribution is 6.33. The Morgan fingerprint density at radius 1 is 0.792 bits per heavy atom. The summed E-state index contributed by atoms with van der Waals surface area (Å²) >= 11 is 6.44. The van der Waals surface area contributed by atoms with Crippen LogP contribution in [0.15, 0.2) is 114 Å². The number of fused-ring (bicyclic) bond motifs is 2. The van der Waals surface area contributed by atoms with Crippen LogP contribution in [0.25, 0.3) is 22.4 Å². The average molecular weight is 1060 g/mol. The maximum absolute atomic E-state index is 13.8. The maximum Gasteiger partial charge on any atom is 0.338 e. The molecule has 1 aliphatic heterocycles. The molecule has 0 radical (unpaired) electrons. The van der Waals surface area contributed by atoms with Crippen molar-refractivity contribution in [1.29, 1.82) is 0 Å². The van der Waals surface area contributed by atoms with Gasteiger partial charge in [-0.1, -0.05) is 59.6 Å². The van der Waals surface area contributed by atoms with Gasteiger partial charge in [0.1, 0.15) is 34.1 Å². The van der Waals surface area contributed by atoms with Gasteiger partial charge in [0.25, 0.3) is 5.91 Å². The quantitative estimate of drug-likeness (QED) is 0.0640. The fraction of sp³-hybridized carbons (Fsp3) is 0.255. The first-order valence-electron chi connectivity index (χ1n) is 24.7. The van der Waals surface area contributed by atoms with Gasteiger partial charge in [0, 0.05) is 12.6 Å². The number of aromatic carboxylic acids is 1. The average Bonchev–Trinajstić information content (AvgIpc) is 4.35. The minimum absolute atomic E-state index is 0.0962. The molecule has 5 aromatic carbocycles. The van der Waals surface area contributed by atoms with Crippen molar-refractivity contribution in [1.82, 2.24) is 55.0 Å². The van der Waals surface area contributed by atoms with E-state index in [-0.39, 0.29) is 24.0 Å². The molecule has 0 saturated carbocycles. The third kappa shape index (κ3) is 11.1.